The molecule has 0 aliphatic heterocycles. The van der Waals surface area contributed by atoms with Crippen LogP contribution in [0.5, 0.6) is 0 Å². The predicted octanol–water partition coefficient (Wildman–Crippen LogP) is 5.94. The van der Waals surface area contributed by atoms with E-state index >= 15 is 0 Å². The number of aryl methyl sites for hydroxylation is 1. The molecule has 0 aliphatic carbocycles. The first-order chi connectivity index (χ1) is 14.1. The molecule has 2 aromatic carbocycles. The topological polar surface area (TPSA) is 51.0 Å². The minimum absolute atomic E-state index is 0.205. The number of hydrogen-bond acceptors (Lipinski definition) is 5. The van der Waals surface area contributed by atoms with Gasteiger partial charge in [-0.3, -0.25) is 5.32 Å². The molecular weight excluding hydrogens is 385 g/mol. The molecular formula is C23H22FN3OS. The van der Waals surface area contributed by atoms with Gasteiger partial charge in [-0.05, 0) is 53.6 Å². The van der Waals surface area contributed by atoms with Crippen molar-refractivity contribution in [3.63, 3.8) is 0 Å². The maximum Gasteiger partial charge on any atom is 0.257 e. The van der Waals surface area contributed by atoms with Gasteiger partial charge in [-0.2, -0.15) is 0 Å². The fourth-order valence-corrected chi connectivity index (χ4v) is 3.89. The third-order valence-corrected chi connectivity index (χ3v) is 5.72. The molecule has 0 saturated carbocycles. The quantitative estimate of drug-likeness (QED) is 0.412. The lowest BCUT2D eigenvalue weighted by Crippen LogP contribution is -2.26. The first-order valence-electron chi connectivity index (χ1n) is 9.61. The average molecular weight is 408 g/mol. The van der Waals surface area contributed by atoms with Crippen molar-refractivity contribution in [1.29, 1.82) is 0 Å². The van der Waals surface area contributed by atoms with Gasteiger partial charge in [0.2, 0.25) is 5.89 Å². The lowest BCUT2D eigenvalue weighted by atomic mass is 9.96. The van der Waals surface area contributed by atoms with E-state index in [1.54, 1.807) is 23.5 Å². The smallest absolute Gasteiger partial charge is 0.257 e. The highest BCUT2D eigenvalue weighted by atomic mass is 32.1. The molecule has 0 aliphatic rings. The van der Waals surface area contributed by atoms with Gasteiger partial charge in [0, 0.05) is 0 Å². The van der Waals surface area contributed by atoms with E-state index in [0.29, 0.717) is 11.8 Å². The fourth-order valence-electron chi connectivity index (χ4n) is 3.25. The van der Waals surface area contributed by atoms with E-state index in [1.165, 1.54) is 11.6 Å². The second kappa shape index (κ2) is 8.68. The van der Waals surface area contributed by atoms with Crippen LogP contribution < -0.4 is 5.32 Å². The highest BCUT2D eigenvalue weighted by Gasteiger charge is 2.22. The molecule has 0 spiro atoms. The first-order valence-corrected chi connectivity index (χ1v) is 10.5. The number of thiophene rings is 1. The minimum Gasteiger partial charge on any atom is -0.418 e. The number of rotatable bonds is 7. The number of benzene rings is 2. The molecule has 148 valence electrons. The lowest BCUT2D eigenvalue weighted by molar-refractivity contribution is 0.403. The molecule has 0 radical (unpaired) electrons. The van der Waals surface area contributed by atoms with Gasteiger partial charge >= 0.3 is 0 Å². The molecule has 4 nitrogen and oxygen atoms in total. The van der Waals surface area contributed by atoms with E-state index in [2.05, 4.69) is 46.7 Å². The maximum absolute atomic E-state index is 13.9. The van der Waals surface area contributed by atoms with E-state index in [1.807, 2.05) is 30.5 Å². The molecule has 0 amide bonds. The summed E-state index contributed by atoms with van der Waals surface area (Å²) < 4.78 is 19.8. The van der Waals surface area contributed by atoms with Gasteiger partial charge in [0.05, 0.1) is 17.0 Å². The largest absolute Gasteiger partial charge is 0.418 e. The third-order valence-electron chi connectivity index (χ3n) is 4.86. The van der Waals surface area contributed by atoms with Crippen LogP contribution >= 0.6 is 11.3 Å². The Labute approximate surface area is 173 Å². The van der Waals surface area contributed by atoms with Crippen molar-refractivity contribution in [2.24, 2.45) is 0 Å². The van der Waals surface area contributed by atoms with Crippen LogP contribution in [0.1, 0.15) is 48.5 Å². The van der Waals surface area contributed by atoms with Gasteiger partial charge in [0.15, 0.2) is 0 Å². The Balaban J connectivity index is 1.62. The van der Waals surface area contributed by atoms with E-state index in [4.69, 9.17) is 4.42 Å². The summed E-state index contributed by atoms with van der Waals surface area (Å²) in [5.41, 5.74) is 3.16. The zero-order valence-corrected chi connectivity index (χ0v) is 17.1. The highest BCUT2D eigenvalue weighted by Crippen LogP contribution is 2.29. The molecule has 2 atom stereocenters. The standard InChI is InChI=1S/C23H22FN3OS/c1-3-16-9-11-17(12-10-16)21(18-6-4-7-19(24)14-18)25-15(2)22-26-27-23(28-22)20-8-5-13-29-20/h4-15,21,25H,3H2,1-2H3/t15-,21+/m0/s1. The lowest BCUT2D eigenvalue weighted by Gasteiger charge is -2.23. The Morgan fingerprint density at radius 1 is 1.03 bits per heavy atom. The van der Waals surface area contributed by atoms with Crippen LogP contribution in [-0.4, -0.2) is 10.2 Å². The second-order valence-electron chi connectivity index (χ2n) is 6.89. The minimum atomic E-state index is -0.259. The van der Waals surface area contributed by atoms with Crippen molar-refractivity contribution in [2.75, 3.05) is 0 Å². The molecule has 0 unspecified atom stereocenters. The van der Waals surface area contributed by atoms with Crippen molar-refractivity contribution >= 4 is 11.3 Å². The predicted molar refractivity (Wildman–Crippen MR) is 113 cm³/mol. The van der Waals surface area contributed by atoms with E-state index in [0.717, 1.165) is 22.4 Å². The summed E-state index contributed by atoms with van der Waals surface area (Å²) in [5.74, 6) is 0.753. The van der Waals surface area contributed by atoms with Crippen LogP contribution in [0.25, 0.3) is 10.8 Å². The monoisotopic (exact) mass is 407 g/mol. The third kappa shape index (κ3) is 4.44. The Morgan fingerprint density at radius 3 is 2.55 bits per heavy atom. The Hall–Kier alpha value is -2.83. The Morgan fingerprint density at radius 2 is 1.86 bits per heavy atom. The van der Waals surface area contributed by atoms with Crippen LogP contribution in [0.3, 0.4) is 0 Å². The number of aromatic nitrogens is 2. The zero-order valence-electron chi connectivity index (χ0n) is 16.3. The summed E-state index contributed by atoms with van der Waals surface area (Å²) in [4.78, 5) is 0.938. The van der Waals surface area contributed by atoms with Gasteiger partial charge in [0.1, 0.15) is 5.82 Å². The Kier molecular flexibility index (Phi) is 5.83. The summed E-state index contributed by atoms with van der Waals surface area (Å²) in [6.45, 7) is 4.10. The molecule has 29 heavy (non-hydrogen) atoms. The number of nitrogens with one attached hydrogen (secondary N) is 1. The van der Waals surface area contributed by atoms with E-state index < -0.39 is 0 Å². The molecule has 0 fully saturated rings. The second-order valence-corrected chi connectivity index (χ2v) is 7.84. The Bertz CT molecular complexity index is 1060. The normalized spacial score (nSPS) is 13.3. The highest BCUT2D eigenvalue weighted by molar-refractivity contribution is 7.13. The van der Waals surface area contributed by atoms with Crippen molar-refractivity contribution < 1.29 is 8.81 Å². The molecule has 0 bridgehead atoms. The summed E-state index contributed by atoms with van der Waals surface area (Å²) >= 11 is 1.56. The van der Waals surface area contributed by atoms with Crippen molar-refractivity contribution in [3.8, 4) is 10.8 Å². The van der Waals surface area contributed by atoms with Crippen LogP contribution in [0, 0.1) is 5.82 Å². The molecule has 0 saturated heterocycles. The SMILES string of the molecule is CCc1ccc([C@@H](N[C@@H](C)c2nnc(-c3cccs3)o2)c2cccc(F)c2)cc1. The van der Waals surface area contributed by atoms with Crippen molar-refractivity contribution in [3.05, 3.63) is 94.4 Å². The fraction of sp³-hybridized carbons (Fsp3) is 0.217. The zero-order chi connectivity index (χ0) is 20.2. The van der Waals surface area contributed by atoms with Crippen molar-refractivity contribution in [2.45, 2.75) is 32.4 Å². The van der Waals surface area contributed by atoms with Gasteiger partial charge in [0.25, 0.3) is 5.89 Å². The van der Waals surface area contributed by atoms with Crippen LogP contribution in [0.15, 0.2) is 70.5 Å². The average Bonchev–Trinajstić information content (AvgIpc) is 3.43. The molecule has 2 heterocycles. The molecule has 1 N–H and O–H groups in total. The van der Waals surface area contributed by atoms with Gasteiger partial charge < -0.3 is 4.42 Å². The van der Waals surface area contributed by atoms with Crippen LogP contribution in [0.2, 0.25) is 0 Å². The molecule has 6 heteroatoms. The maximum atomic E-state index is 13.9. The number of nitrogens with zero attached hydrogens (tertiary/aromatic N) is 2. The van der Waals surface area contributed by atoms with Gasteiger partial charge in [-0.1, -0.05) is 49.4 Å². The van der Waals surface area contributed by atoms with Crippen LogP contribution in [0.4, 0.5) is 4.39 Å². The number of hydrogen-bond donors (Lipinski definition) is 1. The van der Waals surface area contributed by atoms with Crippen LogP contribution in [-0.2, 0) is 6.42 Å². The summed E-state index contributed by atoms with van der Waals surface area (Å²) in [6.07, 6.45) is 0.974. The van der Waals surface area contributed by atoms with E-state index in [9.17, 15) is 4.39 Å². The van der Waals surface area contributed by atoms with Gasteiger partial charge in [-0.15, -0.1) is 21.5 Å². The molecule has 4 rings (SSSR count). The summed E-state index contributed by atoms with van der Waals surface area (Å²) in [5, 5.41) is 13.9. The molecule has 2 aromatic heterocycles. The number of halogens is 1. The summed E-state index contributed by atoms with van der Waals surface area (Å²) in [6, 6.07) is 18.5. The van der Waals surface area contributed by atoms with E-state index in [-0.39, 0.29) is 17.9 Å². The molecule has 4 aromatic rings. The first kappa shape index (κ1) is 19.5. The van der Waals surface area contributed by atoms with Crippen molar-refractivity contribution in [1.82, 2.24) is 15.5 Å². The summed E-state index contributed by atoms with van der Waals surface area (Å²) in [7, 11) is 0. The van der Waals surface area contributed by atoms with Gasteiger partial charge in [-0.25, -0.2) is 4.39 Å².